The van der Waals surface area contributed by atoms with Gasteiger partial charge >= 0.3 is 6.09 Å². The summed E-state index contributed by atoms with van der Waals surface area (Å²) in [5.41, 5.74) is 1.83. The first-order chi connectivity index (χ1) is 14.1. The molecule has 2 heterocycles. The van der Waals surface area contributed by atoms with Crippen molar-refractivity contribution in [1.82, 2.24) is 20.0 Å². The number of hydrogen-bond acceptors (Lipinski definition) is 4. The SMILES string of the molecule is Cn1nc2c(c1C(=O)NC13CC4CC(CC(C4)C1)C3)CN(C(=O)OC(C)(C)C)CC2. The van der Waals surface area contributed by atoms with Crippen LogP contribution >= 0.6 is 0 Å². The van der Waals surface area contributed by atoms with Gasteiger partial charge in [-0.05, 0) is 77.0 Å². The summed E-state index contributed by atoms with van der Waals surface area (Å²) in [7, 11) is 1.84. The Morgan fingerprint density at radius 2 is 1.70 bits per heavy atom. The van der Waals surface area contributed by atoms with Crippen LogP contribution in [0.25, 0.3) is 0 Å². The number of ether oxygens (including phenoxy) is 1. The summed E-state index contributed by atoms with van der Waals surface area (Å²) in [4.78, 5) is 27.8. The first-order valence-electron chi connectivity index (χ1n) is 11.5. The zero-order valence-electron chi connectivity index (χ0n) is 18.7. The maximum atomic E-state index is 13.5. The zero-order chi connectivity index (χ0) is 21.3. The van der Waals surface area contributed by atoms with Crippen LogP contribution in [0, 0.1) is 17.8 Å². The molecule has 5 aliphatic rings. The molecular weight excluding hydrogens is 380 g/mol. The summed E-state index contributed by atoms with van der Waals surface area (Å²) < 4.78 is 7.26. The van der Waals surface area contributed by atoms with Gasteiger partial charge in [-0.15, -0.1) is 0 Å². The first kappa shape index (κ1) is 19.9. The Labute approximate surface area is 178 Å². The van der Waals surface area contributed by atoms with Gasteiger partial charge in [-0.2, -0.15) is 5.10 Å². The predicted molar refractivity (Wildman–Crippen MR) is 112 cm³/mol. The molecule has 0 atom stereocenters. The van der Waals surface area contributed by atoms with Crippen LogP contribution in [0.2, 0.25) is 0 Å². The van der Waals surface area contributed by atoms with E-state index in [-0.39, 0.29) is 17.5 Å². The minimum absolute atomic E-state index is 0.0285. The van der Waals surface area contributed by atoms with Crippen LogP contribution in [-0.2, 0) is 24.8 Å². The molecule has 4 fully saturated rings. The second-order valence-corrected chi connectivity index (χ2v) is 11.2. The molecule has 1 aromatic heterocycles. The molecule has 1 aromatic rings. The topological polar surface area (TPSA) is 76.5 Å². The Balaban J connectivity index is 1.36. The fraction of sp³-hybridized carbons (Fsp3) is 0.783. The van der Waals surface area contributed by atoms with Gasteiger partial charge in [0.05, 0.1) is 12.2 Å². The van der Waals surface area contributed by atoms with E-state index < -0.39 is 5.60 Å². The molecule has 4 aliphatic carbocycles. The average Bonchev–Trinajstić information content (AvgIpc) is 2.93. The third-order valence-corrected chi connectivity index (χ3v) is 7.48. The molecule has 6 rings (SSSR count). The van der Waals surface area contributed by atoms with Crippen molar-refractivity contribution >= 4 is 12.0 Å². The average molecular weight is 415 g/mol. The van der Waals surface area contributed by atoms with E-state index in [1.807, 2.05) is 27.8 Å². The van der Waals surface area contributed by atoms with E-state index in [2.05, 4.69) is 10.4 Å². The number of carbonyl (C=O) groups excluding carboxylic acids is 2. The third-order valence-electron chi connectivity index (χ3n) is 7.48. The van der Waals surface area contributed by atoms with Crippen molar-refractivity contribution in [2.45, 2.75) is 83.4 Å². The standard InChI is InChI=1S/C23H34N4O3/c1-22(2,3)30-21(29)27-6-5-18-17(13-27)19(26(4)25-18)20(28)24-23-10-14-7-15(11-23)9-16(8-14)12-23/h14-16H,5-13H2,1-4H3,(H,24,28). The van der Waals surface area contributed by atoms with Gasteiger partial charge in [0.1, 0.15) is 11.3 Å². The van der Waals surface area contributed by atoms with Crippen molar-refractivity contribution in [3.05, 3.63) is 17.0 Å². The molecule has 0 spiro atoms. The lowest BCUT2D eigenvalue weighted by molar-refractivity contribution is -0.0169. The van der Waals surface area contributed by atoms with E-state index in [1.165, 1.54) is 19.3 Å². The summed E-state index contributed by atoms with van der Waals surface area (Å²) in [6.07, 6.45) is 7.72. The fourth-order valence-electron chi connectivity index (χ4n) is 6.83. The molecule has 0 radical (unpaired) electrons. The van der Waals surface area contributed by atoms with Crippen LogP contribution in [0.3, 0.4) is 0 Å². The van der Waals surface area contributed by atoms with Gasteiger partial charge in [0, 0.05) is 31.1 Å². The van der Waals surface area contributed by atoms with Crippen molar-refractivity contribution in [1.29, 1.82) is 0 Å². The monoisotopic (exact) mass is 414 g/mol. The molecule has 4 saturated carbocycles. The summed E-state index contributed by atoms with van der Waals surface area (Å²) in [6.45, 7) is 6.55. The number of carbonyl (C=O) groups is 2. The summed E-state index contributed by atoms with van der Waals surface area (Å²) >= 11 is 0. The van der Waals surface area contributed by atoms with Gasteiger partial charge in [0.25, 0.3) is 5.91 Å². The van der Waals surface area contributed by atoms with Crippen LogP contribution in [0.1, 0.15) is 81.0 Å². The predicted octanol–water partition coefficient (Wildman–Crippen LogP) is 3.41. The summed E-state index contributed by atoms with van der Waals surface area (Å²) in [5.74, 6) is 2.30. The smallest absolute Gasteiger partial charge is 0.410 e. The van der Waals surface area contributed by atoms with Crippen LogP contribution in [0.4, 0.5) is 4.79 Å². The molecule has 7 nitrogen and oxygen atoms in total. The minimum Gasteiger partial charge on any atom is -0.444 e. The van der Waals surface area contributed by atoms with Crippen LogP contribution in [0.15, 0.2) is 0 Å². The quantitative estimate of drug-likeness (QED) is 0.805. The van der Waals surface area contributed by atoms with Crippen molar-refractivity contribution < 1.29 is 14.3 Å². The molecule has 0 aromatic carbocycles. The Morgan fingerprint density at radius 3 is 2.27 bits per heavy atom. The minimum atomic E-state index is -0.537. The number of nitrogens with one attached hydrogen (secondary N) is 1. The van der Waals surface area contributed by atoms with Crippen LogP contribution in [0.5, 0.6) is 0 Å². The Kier molecular flexibility index (Phi) is 4.46. The van der Waals surface area contributed by atoms with Gasteiger partial charge in [-0.3, -0.25) is 9.48 Å². The van der Waals surface area contributed by atoms with Gasteiger partial charge in [0.2, 0.25) is 0 Å². The lowest BCUT2D eigenvalue weighted by Crippen LogP contribution is -2.60. The van der Waals surface area contributed by atoms with E-state index in [1.54, 1.807) is 9.58 Å². The highest BCUT2D eigenvalue weighted by Crippen LogP contribution is 2.55. The summed E-state index contributed by atoms with van der Waals surface area (Å²) in [6, 6.07) is 0. The normalized spacial score (nSPS) is 32.1. The largest absolute Gasteiger partial charge is 0.444 e. The van der Waals surface area contributed by atoms with E-state index >= 15 is 0 Å². The van der Waals surface area contributed by atoms with Gasteiger partial charge in [-0.1, -0.05) is 0 Å². The molecule has 0 saturated heterocycles. The fourth-order valence-corrected chi connectivity index (χ4v) is 6.83. The van der Waals surface area contributed by atoms with Crippen molar-refractivity contribution in [2.24, 2.45) is 24.8 Å². The highest BCUT2D eigenvalue weighted by Gasteiger charge is 2.52. The van der Waals surface area contributed by atoms with Crippen molar-refractivity contribution in [3.63, 3.8) is 0 Å². The molecule has 164 valence electrons. The molecular formula is C23H34N4O3. The lowest BCUT2D eigenvalue weighted by atomic mass is 9.53. The second kappa shape index (κ2) is 6.72. The number of aromatic nitrogens is 2. The van der Waals surface area contributed by atoms with Gasteiger partial charge in [-0.25, -0.2) is 4.79 Å². The van der Waals surface area contributed by atoms with E-state index in [9.17, 15) is 9.59 Å². The lowest BCUT2D eigenvalue weighted by Gasteiger charge is -2.56. The first-order valence-corrected chi connectivity index (χ1v) is 11.5. The van der Waals surface area contributed by atoms with Gasteiger partial charge < -0.3 is 15.0 Å². The molecule has 1 aliphatic heterocycles. The second-order valence-electron chi connectivity index (χ2n) is 11.2. The number of amides is 2. The third kappa shape index (κ3) is 3.50. The van der Waals surface area contributed by atoms with E-state index in [4.69, 9.17) is 4.74 Å². The molecule has 30 heavy (non-hydrogen) atoms. The number of hydrogen-bond donors (Lipinski definition) is 1. The summed E-state index contributed by atoms with van der Waals surface area (Å²) in [5, 5.41) is 8.08. The van der Waals surface area contributed by atoms with Crippen LogP contribution < -0.4 is 5.32 Å². The highest BCUT2D eigenvalue weighted by molar-refractivity contribution is 5.95. The maximum absolute atomic E-state index is 13.5. The Bertz CT molecular complexity index is 846. The number of fused-ring (bicyclic) bond motifs is 1. The van der Waals surface area contributed by atoms with Crippen LogP contribution in [-0.4, -0.2) is 44.4 Å². The van der Waals surface area contributed by atoms with Gasteiger partial charge in [0.15, 0.2) is 0 Å². The zero-order valence-corrected chi connectivity index (χ0v) is 18.7. The Hall–Kier alpha value is -2.05. The van der Waals surface area contributed by atoms with E-state index in [0.717, 1.165) is 48.3 Å². The Morgan fingerprint density at radius 1 is 1.10 bits per heavy atom. The highest BCUT2D eigenvalue weighted by atomic mass is 16.6. The molecule has 4 bridgehead atoms. The number of aryl methyl sites for hydroxylation is 1. The number of rotatable bonds is 2. The van der Waals surface area contributed by atoms with Crippen molar-refractivity contribution in [3.8, 4) is 0 Å². The molecule has 2 amide bonds. The number of nitrogens with zero attached hydrogens (tertiary/aromatic N) is 3. The molecule has 0 unspecified atom stereocenters. The van der Waals surface area contributed by atoms with Crippen molar-refractivity contribution in [2.75, 3.05) is 6.54 Å². The molecule has 1 N–H and O–H groups in total. The van der Waals surface area contributed by atoms with E-state index in [0.29, 0.717) is 25.2 Å². The molecule has 7 heteroatoms. The maximum Gasteiger partial charge on any atom is 0.410 e.